The molecule has 0 spiro atoms. The van der Waals surface area contributed by atoms with Gasteiger partial charge in [-0.3, -0.25) is 14.7 Å². The summed E-state index contributed by atoms with van der Waals surface area (Å²) >= 11 is 0. The third-order valence-electron chi connectivity index (χ3n) is 4.02. The Balaban J connectivity index is 1.82. The SMILES string of the molecule is Cc1[nH]nc(C(=O)Nc2ccc(C(=O)N(C)C)cc2)c1-c1ccccc1. The van der Waals surface area contributed by atoms with E-state index in [1.54, 1.807) is 38.4 Å². The van der Waals surface area contributed by atoms with Gasteiger partial charge in [0.1, 0.15) is 0 Å². The highest BCUT2D eigenvalue weighted by Gasteiger charge is 2.19. The lowest BCUT2D eigenvalue weighted by molar-refractivity contribution is 0.0827. The van der Waals surface area contributed by atoms with E-state index in [4.69, 9.17) is 0 Å². The number of nitrogens with one attached hydrogen (secondary N) is 2. The van der Waals surface area contributed by atoms with Crippen LogP contribution in [0.2, 0.25) is 0 Å². The Morgan fingerprint density at radius 1 is 1.00 bits per heavy atom. The van der Waals surface area contributed by atoms with Crippen LogP contribution in [-0.4, -0.2) is 41.0 Å². The molecule has 2 N–H and O–H groups in total. The number of carbonyl (C=O) groups excluding carboxylic acids is 2. The number of carbonyl (C=O) groups is 2. The Morgan fingerprint density at radius 2 is 1.65 bits per heavy atom. The van der Waals surface area contributed by atoms with Crippen molar-refractivity contribution in [2.24, 2.45) is 0 Å². The molecule has 1 aromatic heterocycles. The topological polar surface area (TPSA) is 78.1 Å². The first-order valence-corrected chi connectivity index (χ1v) is 8.21. The summed E-state index contributed by atoms with van der Waals surface area (Å²) in [6.07, 6.45) is 0. The minimum atomic E-state index is -0.306. The number of H-pyrrole nitrogens is 1. The van der Waals surface area contributed by atoms with Crippen molar-refractivity contribution in [2.75, 3.05) is 19.4 Å². The molecule has 2 amide bonds. The summed E-state index contributed by atoms with van der Waals surface area (Å²) in [7, 11) is 3.39. The summed E-state index contributed by atoms with van der Waals surface area (Å²) < 4.78 is 0. The van der Waals surface area contributed by atoms with Crippen LogP contribution in [0.15, 0.2) is 54.6 Å². The molecule has 6 heteroatoms. The van der Waals surface area contributed by atoms with Crippen molar-refractivity contribution in [2.45, 2.75) is 6.92 Å². The molecule has 2 aromatic carbocycles. The van der Waals surface area contributed by atoms with Gasteiger partial charge in [-0.1, -0.05) is 30.3 Å². The van der Waals surface area contributed by atoms with E-state index in [-0.39, 0.29) is 11.8 Å². The molecule has 3 aromatic rings. The summed E-state index contributed by atoms with van der Waals surface area (Å²) in [5, 5.41) is 9.87. The molecule has 0 aliphatic carbocycles. The normalized spacial score (nSPS) is 10.4. The summed E-state index contributed by atoms with van der Waals surface area (Å²) in [5.74, 6) is -0.392. The number of hydrogen-bond acceptors (Lipinski definition) is 3. The number of aromatic nitrogens is 2. The van der Waals surface area contributed by atoms with Gasteiger partial charge in [-0.15, -0.1) is 0 Å². The number of aryl methyl sites for hydroxylation is 1. The molecule has 0 aliphatic heterocycles. The molecule has 0 saturated carbocycles. The van der Waals surface area contributed by atoms with Gasteiger partial charge in [-0.25, -0.2) is 0 Å². The van der Waals surface area contributed by atoms with Gasteiger partial charge in [-0.05, 0) is 36.8 Å². The highest BCUT2D eigenvalue weighted by Crippen LogP contribution is 2.26. The van der Waals surface area contributed by atoms with E-state index in [9.17, 15) is 9.59 Å². The molecule has 1 heterocycles. The first kappa shape index (κ1) is 17.4. The van der Waals surface area contributed by atoms with E-state index in [0.717, 1.165) is 16.8 Å². The lowest BCUT2D eigenvalue weighted by atomic mass is 10.0. The predicted octanol–water partition coefficient (Wildman–Crippen LogP) is 3.34. The number of nitrogens with zero attached hydrogens (tertiary/aromatic N) is 2. The molecule has 0 unspecified atom stereocenters. The average Bonchev–Trinajstić information content (AvgIpc) is 3.04. The maximum absolute atomic E-state index is 12.7. The van der Waals surface area contributed by atoms with Gasteiger partial charge in [0.05, 0.1) is 0 Å². The molecule has 0 atom stereocenters. The fourth-order valence-corrected chi connectivity index (χ4v) is 2.70. The number of aromatic amines is 1. The Hall–Kier alpha value is -3.41. The number of benzene rings is 2. The van der Waals surface area contributed by atoms with Gasteiger partial charge < -0.3 is 10.2 Å². The molecule has 132 valence electrons. The summed E-state index contributed by atoms with van der Waals surface area (Å²) in [4.78, 5) is 26.1. The van der Waals surface area contributed by atoms with Gasteiger partial charge >= 0.3 is 0 Å². The lowest BCUT2D eigenvalue weighted by Crippen LogP contribution is -2.21. The zero-order valence-electron chi connectivity index (χ0n) is 14.9. The molecule has 0 aliphatic rings. The maximum Gasteiger partial charge on any atom is 0.276 e. The van der Waals surface area contributed by atoms with Gasteiger partial charge in [0.2, 0.25) is 0 Å². The molecule has 0 radical (unpaired) electrons. The standard InChI is InChI=1S/C20H20N4O2/c1-13-17(14-7-5-4-6-8-14)18(23-22-13)19(25)21-16-11-9-15(10-12-16)20(26)24(2)3/h4-12H,1-3H3,(H,21,25)(H,22,23). The predicted molar refractivity (Wildman–Crippen MR) is 101 cm³/mol. The molecular weight excluding hydrogens is 328 g/mol. The third kappa shape index (κ3) is 3.49. The smallest absolute Gasteiger partial charge is 0.276 e. The molecule has 0 fully saturated rings. The van der Waals surface area contributed by atoms with Crippen LogP contribution in [0, 0.1) is 6.92 Å². The van der Waals surface area contributed by atoms with Gasteiger partial charge in [0.25, 0.3) is 11.8 Å². The van der Waals surface area contributed by atoms with Crippen LogP contribution in [0.5, 0.6) is 0 Å². The minimum absolute atomic E-state index is 0.0860. The van der Waals surface area contributed by atoms with E-state index in [0.29, 0.717) is 16.9 Å². The average molecular weight is 348 g/mol. The van der Waals surface area contributed by atoms with Crippen LogP contribution < -0.4 is 5.32 Å². The molecule has 26 heavy (non-hydrogen) atoms. The second kappa shape index (κ2) is 7.23. The van der Waals surface area contributed by atoms with Crippen LogP contribution >= 0.6 is 0 Å². The zero-order valence-corrected chi connectivity index (χ0v) is 14.9. The van der Waals surface area contributed by atoms with Crippen molar-refractivity contribution in [3.8, 4) is 11.1 Å². The minimum Gasteiger partial charge on any atom is -0.345 e. The molecule has 3 rings (SSSR count). The fourth-order valence-electron chi connectivity index (χ4n) is 2.70. The van der Waals surface area contributed by atoms with E-state index in [1.807, 2.05) is 37.3 Å². The zero-order chi connectivity index (χ0) is 18.7. The number of anilines is 1. The maximum atomic E-state index is 12.7. The van der Waals surface area contributed by atoms with Gasteiger partial charge in [0, 0.05) is 36.6 Å². The van der Waals surface area contributed by atoms with Crippen LogP contribution in [0.3, 0.4) is 0 Å². The van der Waals surface area contributed by atoms with Crippen LogP contribution in [-0.2, 0) is 0 Å². The van der Waals surface area contributed by atoms with Crippen molar-refractivity contribution in [3.05, 3.63) is 71.5 Å². The fraction of sp³-hybridized carbons (Fsp3) is 0.150. The molecule has 0 saturated heterocycles. The van der Waals surface area contributed by atoms with Gasteiger partial charge in [0.15, 0.2) is 5.69 Å². The van der Waals surface area contributed by atoms with Crippen LogP contribution in [0.1, 0.15) is 26.5 Å². The molecule has 0 bridgehead atoms. The highest BCUT2D eigenvalue weighted by atomic mass is 16.2. The van der Waals surface area contributed by atoms with Crippen molar-refractivity contribution in [1.29, 1.82) is 0 Å². The Morgan fingerprint density at radius 3 is 2.27 bits per heavy atom. The second-order valence-electron chi connectivity index (χ2n) is 6.17. The Kier molecular flexibility index (Phi) is 4.84. The lowest BCUT2D eigenvalue weighted by Gasteiger charge is -2.11. The van der Waals surface area contributed by atoms with E-state index in [2.05, 4.69) is 15.5 Å². The highest BCUT2D eigenvalue weighted by molar-refractivity contribution is 6.07. The Labute approximate surface area is 151 Å². The van der Waals surface area contributed by atoms with E-state index in [1.165, 1.54) is 4.90 Å². The van der Waals surface area contributed by atoms with Crippen molar-refractivity contribution in [1.82, 2.24) is 15.1 Å². The monoisotopic (exact) mass is 348 g/mol. The van der Waals surface area contributed by atoms with Crippen LogP contribution in [0.25, 0.3) is 11.1 Å². The van der Waals surface area contributed by atoms with Crippen LogP contribution in [0.4, 0.5) is 5.69 Å². The number of amides is 2. The first-order valence-electron chi connectivity index (χ1n) is 8.21. The van der Waals surface area contributed by atoms with Gasteiger partial charge in [-0.2, -0.15) is 5.10 Å². The van der Waals surface area contributed by atoms with Crippen molar-refractivity contribution in [3.63, 3.8) is 0 Å². The van der Waals surface area contributed by atoms with E-state index < -0.39 is 0 Å². The summed E-state index contributed by atoms with van der Waals surface area (Å²) in [6.45, 7) is 1.88. The third-order valence-corrected chi connectivity index (χ3v) is 4.02. The van der Waals surface area contributed by atoms with Crippen molar-refractivity contribution >= 4 is 17.5 Å². The summed E-state index contributed by atoms with van der Waals surface area (Å²) in [5.41, 5.74) is 4.03. The summed E-state index contributed by atoms with van der Waals surface area (Å²) in [6, 6.07) is 16.4. The second-order valence-corrected chi connectivity index (χ2v) is 6.17. The molecule has 6 nitrogen and oxygen atoms in total. The van der Waals surface area contributed by atoms with E-state index >= 15 is 0 Å². The van der Waals surface area contributed by atoms with Crippen molar-refractivity contribution < 1.29 is 9.59 Å². The largest absolute Gasteiger partial charge is 0.345 e. The number of hydrogen-bond donors (Lipinski definition) is 2. The number of rotatable bonds is 4. The Bertz CT molecular complexity index is 928. The molecular formula is C20H20N4O2. The first-order chi connectivity index (χ1) is 12.5. The quantitative estimate of drug-likeness (QED) is 0.759.